The summed E-state index contributed by atoms with van der Waals surface area (Å²) in [5.74, 6) is -4.29. The number of carbonyl (C=O) groups excluding carboxylic acids is 4. The van der Waals surface area contributed by atoms with Crippen LogP contribution in [-0.2, 0) is 33.4 Å². The van der Waals surface area contributed by atoms with Crippen molar-refractivity contribution in [3.05, 3.63) is 23.8 Å². The zero-order valence-electron chi connectivity index (χ0n) is 39.3. The van der Waals surface area contributed by atoms with Crippen LogP contribution in [0.15, 0.2) is 23.8 Å². The van der Waals surface area contributed by atoms with Gasteiger partial charge < -0.3 is 50.2 Å². The van der Waals surface area contributed by atoms with Crippen molar-refractivity contribution < 1.29 is 64.0 Å². The van der Waals surface area contributed by atoms with E-state index in [4.69, 9.17) is 14.2 Å². The number of rotatable bonds is 10. The quantitative estimate of drug-likeness (QED) is 0.0724. The second-order valence-corrected chi connectivity index (χ2v) is 20.9. The van der Waals surface area contributed by atoms with Gasteiger partial charge in [0.1, 0.15) is 17.8 Å². The molecule has 0 radical (unpaired) electrons. The minimum Gasteiger partial charge on any atom is -0.466 e. The highest BCUT2D eigenvalue weighted by Crippen LogP contribution is 2.67. The number of ketones is 1. The third-order valence-electron chi connectivity index (χ3n) is 16.5. The number of nitrogens with one attached hydrogen (secondary N) is 1. The van der Waals surface area contributed by atoms with Crippen molar-refractivity contribution in [1.29, 1.82) is 0 Å². The highest BCUT2D eigenvalue weighted by atomic mass is 16.6. The number of hydrogen-bond acceptors (Lipinski definition) is 15. The van der Waals surface area contributed by atoms with Crippen molar-refractivity contribution in [3.63, 3.8) is 0 Å². The van der Waals surface area contributed by atoms with Gasteiger partial charge >= 0.3 is 17.9 Å². The number of carbonyl (C=O) groups is 4. The van der Waals surface area contributed by atoms with Crippen molar-refractivity contribution in [2.45, 2.75) is 173 Å². The molecule has 0 aromatic carbocycles. The summed E-state index contributed by atoms with van der Waals surface area (Å²) < 4.78 is 17.3. The second kappa shape index (κ2) is 19.6. The molecular weight excluding hydrogens is 813 g/mol. The lowest BCUT2D eigenvalue weighted by Crippen LogP contribution is -2.62. The fourth-order valence-corrected chi connectivity index (χ4v) is 12.7. The third kappa shape index (κ3) is 9.73. The van der Waals surface area contributed by atoms with E-state index in [1.54, 1.807) is 26.8 Å². The van der Waals surface area contributed by atoms with Crippen LogP contribution in [-0.4, -0.2) is 146 Å². The van der Waals surface area contributed by atoms with E-state index in [2.05, 4.69) is 18.3 Å². The Morgan fingerprint density at radius 1 is 0.984 bits per heavy atom. The highest BCUT2D eigenvalue weighted by Gasteiger charge is 2.71. The number of hydrogen-bond donors (Lipinski definition) is 7. The molecule has 1 saturated heterocycles. The van der Waals surface area contributed by atoms with Crippen molar-refractivity contribution in [2.24, 2.45) is 46.3 Å². The normalized spacial score (nSPS) is 45.1. The maximum atomic E-state index is 13.8. The molecule has 3 unspecified atom stereocenters. The standard InChI is InChI=1S/C48H78N2O13/c1-11-36-47(9,60)41(56)30(5)50(26-27(2)24-46(8,59)40(55)28(3)39(54)29(4)42(57)62-36)22-12-20-49-21-17-37(53)63-48(43(58)61-10)19-16-34-33-14-13-31-23-32(51)15-18-44(31,6)38(33)35(52)25-45(34,48)7/h13,15,18,27-30,33-36,38-41,49,52,54-56,59-60H,11-12,14,16-17,19-26H2,1-10H3/t27-,28+,29-,30-,33?,34?,35+,36-,38?,39+,40-,41-,44+,45+,46-,47-,48+/m1/s1. The van der Waals surface area contributed by atoms with Crippen molar-refractivity contribution in [1.82, 2.24) is 10.2 Å². The fraction of sp³-hybridized carbons (Fsp3) is 0.833. The molecule has 4 aliphatic carbocycles. The average Bonchev–Trinajstić information content (AvgIpc) is 3.51. The summed E-state index contributed by atoms with van der Waals surface area (Å²) in [4.78, 5) is 54.9. The molecule has 1 aliphatic heterocycles. The molecule has 63 heavy (non-hydrogen) atoms. The largest absolute Gasteiger partial charge is 0.466 e. The van der Waals surface area contributed by atoms with E-state index in [1.165, 1.54) is 27.9 Å². The van der Waals surface area contributed by atoms with Crippen LogP contribution in [0.4, 0.5) is 0 Å². The molecule has 5 aliphatic rings. The van der Waals surface area contributed by atoms with Crippen LogP contribution in [0.3, 0.4) is 0 Å². The molecule has 1 heterocycles. The first-order chi connectivity index (χ1) is 29.3. The van der Waals surface area contributed by atoms with Gasteiger partial charge in [-0.25, -0.2) is 4.79 Å². The first kappa shape index (κ1) is 51.2. The summed E-state index contributed by atoms with van der Waals surface area (Å²) in [6.07, 6.45) is 2.69. The predicted octanol–water partition coefficient (Wildman–Crippen LogP) is 3.00. The minimum absolute atomic E-state index is 0.0111. The summed E-state index contributed by atoms with van der Waals surface area (Å²) in [5, 5.41) is 72.3. The number of fused-ring (bicyclic) bond motifs is 5. The van der Waals surface area contributed by atoms with Crippen LogP contribution in [0, 0.1) is 46.3 Å². The third-order valence-corrected chi connectivity index (χ3v) is 16.5. The van der Waals surface area contributed by atoms with Crippen molar-refractivity contribution in [3.8, 4) is 0 Å². The fourth-order valence-electron chi connectivity index (χ4n) is 12.7. The van der Waals surface area contributed by atoms with Gasteiger partial charge in [0.25, 0.3) is 0 Å². The number of allylic oxidation sites excluding steroid dienone is 4. The van der Waals surface area contributed by atoms with E-state index in [9.17, 15) is 49.8 Å². The first-order valence-corrected chi connectivity index (χ1v) is 23.4. The van der Waals surface area contributed by atoms with Crippen LogP contribution in [0.1, 0.15) is 120 Å². The van der Waals surface area contributed by atoms with Crippen molar-refractivity contribution in [2.75, 3.05) is 33.3 Å². The Hall–Kier alpha value is -2.76. The molecule has 2 saturated carbocycles. The van der Waals surface area contributed by atoms with Crippen LogP contribution in [0.2, 0.25) is 0 Å². The molecule has 0 spiro atoms. The Morgan fingerprint density at radius 3 is 2.32 bits per heavy atom. The number of ether oxygens (including phenoxy) is 3. The lowest BCUT2D eigenvalue weighted by atomic mass is 9.47. The van der Waals surface area contributed by atoms with Crippen LogP contribution in [0.25, 0.3) is 0 Å². The molecule has 3 fully saturated rings. The Bertz CT molecular complexity index is 1730. The maximum absolute atomic E-state index is 13.8. The molecule has 15 nitrogen and oxygen atoms in total. The van der Waals surface area contributed by atoms with E-state index in [0.29, 0.717) is 45.3 Å². The molecular formula is C48H78N2O13. The number of esters is 3. The summed E-state index contributed by atoms with van der Waals surface area (Å²) in [7, 11) is 1.29. The molecule has 7 N–H and O–H groups in total. The van der Waals surface area contributed by atoms with Gasteiger partial charge in [0.15, 0.2) is 5.78 Å². The Kier molecular flexibility index (Phi) is 15.9. The van der Waals surface area contributed by atoms with E-state index in [1.807, 2.05) is 24.8 Å². The van der Waals surface area contributed by atoms with Gasteiger partial charge in [-0.15, -0.1) is 0 Å². The van der Waals surface area contributed by atoms with Gasteiger partial charge in [0, 0.05) is 48.2 Å². The van der Waals surface area contributed by atoms with Crippen LogP contribution >= 0.6 is 0 Å². The number of methoxy groups -OCH3 is 1. The van der Waals surface area contributed by atoms with Gasteiger partial charge in [-0.3, -0.25) is 19.3 Å². The molecule has 15 heteroatoms. The number of nitrogens with zero attached hydrogens (tertiary/aromatic N) is 1. The predicted molar refractivity (Wildman–Crippen MR) is 234 cm³/mol. The van der Waals surface area contributed by atoms with Gasteiger partial charge in [0.2, 0.25) is 5.60 Å². The Morgan fingerprint density at radius 2 is 1.67 bits per heavy atom. The van der Waals surface area contributed by atoms with Crippen LogP contribution in [0.5, 0.6) is 0 Å². The lowest BCUT2D eigenvalue weighted by molar-refractivity contribution is -0.210. The van der Waals surface area contributed by atoms with Gasteiger partial charge in [-0.05, 0) is 110 Å². The SMILES string of the molecule is CC[C@H]1OC(=O)[C@H](C)[C@@H](O)[C@H](C)[C@@H](O)[C@](C)(O)C[C@@H](C)CN(CCCNCCC(=O)O[C@]2(C(=O)OC)CCC3C4CC=C5CC(=O)C=C[C@]5(C)C4[C@@H](O)C[C@@]32C)[C@H](C)[C@@H](O)[C@]1(C)O. The van der Waals surface area contributed by atoms with Crippen LogP contribution < -0.4 is 5.32 Å². The smallest absolute Gasteiger partial charge is 0.350 e. The monoisotopic (exact) mass is 891 g/mol. The summed E-state index contributed by atoms with van der Waals surface area (Å²) in [6, 6.07) is -0.648. The van der Waals surface area contributed by atoms with Crippen molar-refractivity contribution >= 4 is 23.7 Å². The number of aliphatic hydroxyl groups is 6. The van der Waals surface area contributed by atoms with E-state index in [0.717, 1.165) is 5.57 Å². The average molecular weight is 891 g/mol. The zero-order valence-corrected chi connectivity index (χ0v) is 39.3. The minimum atomic E-state index is -1.87. The topological polar surface area (TPSA) is 233 Å². The molecule has 5 rings (SSSR count). The van der Waals surface area contributed by atoms with E-state index in [-0.39, 0.29) is 68.1 Å². The molecule has 17 atom stereocenters. The Labute approximate surface area is 374 Å². The van der Waals surface area contributed by atoms with Gasteiger partial charge in [0.05, 0.1) is 43.4 Å². The van der Waals surface area contributed by atoms with E-state index < -0.39 is 93.9 Å². The Balaban J connectivity index is 1.23. The summed E-state index contributed by atoms with van der Waals surface area (Å²) in [5.41, 5.74) is -5.40. The summed E-state index contributed by atoms with van der Waals surface area (Å²) >= 11 is 0. The second-order valence-electron chi connectivity index (χ2n) is 20.9. The van der Waals surface area contributed by atoms with E-state index >= 15 is 0 Å². The van der Waals surface area contributed by atoms with Gasteiger partial charge in [-0.1, -0.05) is 52.3 Å². The highest BCUT2D eigenvalue weighted by molar-refractivity contribution is 5.93. The van der Waals surface area contributed by atoms with Gasteiger partial charge in [-0.2, -0.15) is 0 Å². The summed E-state index contributed by atoms with van der Waals surface area (Å²) in [6.45, 7) is 16.9. The number of cyclic esters (lactones) is 1. The molecule has 358 valence electrons. The molecule has 0 aromatic heterocycles. The molecule has 0 bridgehead atoms. The maximum Gasteiger partial charge on any atom is 0.350 e. The lowest BCUT2D eigenvalue weighted by Gasteiger charge is -2.58. The zero-order chi connectivity index (χ0) is 47.0. The number of aliphatic hydroxyl groups excluding tert-OH is 4. The molecule has 0 aromatic rings. The molecule has 0 amide bonds. The first-order valence-electron chi connectivity index (χ1n) is 23.4.